The summed E-state index contributed by atoms with van der Waals surface area (Å²) < 4.78 is 15.0. The van der Waals surface area contributed by atoms with Gasteiger partial charge in [0.2, 0.25) is 5.91 Å². The van der Waals surface area contributed by atoms with Gasteiger partial charge in [-0.1, -0.05) is 23.9 Å². The first-order valence-electron chi connectivity index (χ1n) is 8.70. The molecular weight excluding hydrogens is 379 g/mol. The first-order chi connectivity index (χ1) is 13.5. The molecular formula is C20H19FN4O2S. The molecule has 0 bridgehead atoms. The largest absolute Gasteiger partial charge is 0.325 e. The van der Waals surface area contributed by atoms with Crippen LogP contribution >= 0.6 is 11.8 Å². The predicted molar refractivity (Wildman–Crippen MR) is 107 cm³/mol. The van der Waals surface area contributed by atoms with E-state index in [1.54, 1.807) is 36.4 Å². The van der Waals surface area contributed by atoms with Crippen LogP contribution in [-0.4, -0.2) is 32.2 Å². The van der Waals surface area contributed by atoms with Crippen molar-refractivity contribution in [1.29, 1.82) is 0 Å². The normalized spacial score (nSPS) is 10.7. The van der Waals surface area contributed by atoms with Gasteiger partial charge in [0.25, 0.3) is 0 Å². The van der Waals surface area contributed by atoms with E-state index in [-0.39, 0.29) is 23.3 Å². The molecule has 3 rings (SSSR count). The molecule has 1 amide bonds. The summed E-state index contributed by atoms with van der Waals surface area (Å²) in [5.74, 6) is 0.187. The molecule has 0 unspecified atom stereocenters. The van der Waals surface area contributed by atoms with Gasteiger partial charge in [0.05, 0.1) is 5.75 Å². The number of halogens is 1. The molecule has 8 heteroatoms. The topological polar surface area (TPSA) is 76.9 Å². The summed E-state index contributed by atoms with van der Waals surface area (Å²) in [4.78, 5) is 23.7. The molecule has 1 aromatic heterocycles. The summed E-state index contributed by atoms with van der Waals surface area (Å²) >= 11 is 1.26. The number of hydrogen-bond donors (Lipinski definition) is 1. The number of carbonyl (C=O) groups excluding carboxylic acids is 2. The number of hydrogen-bond acceptors (Lipinski definition) is 5. The number of thioether (sulfide) groups is 1. The molecule has 28 heavy (non-hydrogen) atoms. The van der Waals surface area contributed by atoms with Crippen molar-refractivity contribution < 1.29 is 14.0 Å². The Kier molecular flexibility index (Phi) is 6.20. The molecule has 6 nitrogen and oxygen atoms in total. The predicted octanol–water partition coefficient (Wildman–Crippen LogP) is 4.04. The molecule has 3 aromatic rings. The van der Waals surface area contributed by atoms with E-state index in [1.807, 2.05) is 11.5 Å². The van der Waals surface area contributed by atoms with E-state index < -0.39 is 0 Å². The maximum absolute atomic E-state index is 13.1. The zero-order valence-electron chi connectivity index (χ0n) is 15.5. The van der Waals surface area contributed by atoms with Gasteiger partial charge >= 0.3 is 0 Å². The van der Waals surface area contributed by atoms with E-state index in [2.05, 4.69) is 15.5 Å². The molecule has 0 saturated heterocycles. The van der Waals surface area contributed by atoms with E-state index >= 15 is 0 Å². The second-order valence-electron chi connectivity index (χ2n) is 6.03. The van der Waals surface area contributed by atoms with Gasteiger partial charge in [-0.2, -0.15) is 0 Å². The highest BCUT2D eigenvalue weighted by molar-refractivity contribution is 7.99. The lowest BCUT2D eigenvalue weighted by atomic mass is 10.1. The SMILES string of the molecule is CCn1c(SCC(=O)Nc2cccc(C(C)=O)c2)nnc1-c1ccc(F)cc1. The summed E-state index contributed by atoms with van der Waals surface area (Å²) in [6, 6.07) is 12.8. The fourth-order valence-electron chi connectivity index (χ4n) is 2.64. The Labute approximate surface area is 166 Å². The number of nitrogens with zero attached hydrogens (tertiary/aromatic N) is 3. The third-order valence-corrected chi connectivity index (χ3v) is 4.99. The molecule has 0 aliphatic heterocycles. The molecule has 0 spiro atoms. The number of anilines is 1. The van der Waals surface area contributed by atoms with Gasteiger partial charge in [0.15, 0.2) is 16.8 Å². The van der Waals surface area contributed by atoms with Crippen molar-refractivity contribution in [2.75, 3.05) is 11.1 Å². The van der Waals surface area contributed by atoms with E-state index in [0.29, 0.717) is 28.8 Å². The highest BCUT2D eigenvalue weighted by Crippen LogP contribution is 2.24. The lowest BCUT2D eigenvalue weighted by Crippen LogP contribution is -2.15. The second-order valence-corrected chi connectivity index (χ2v) is 6.97. The first kappa shape index (κ1) is 19.8. The Morgan fingerprint density at radius 2 is 1.89 bits per heavy atom. The Bertz CT molecular complexity index is 1000. The number of carbonyl (C=O) groups is 2. The number of amides is 1. The van der Waals surface area contributed by atoms with Crippen LogP contribution in [0.5, 0.6) is 0 Å². The second kappa shape index (κ2) is 8.79. The van der Waals surface area contributed by atoms with Crippen LogP contribution < -0.4 is 5.32 Å². The van der Waals surface area contributed by atoms with Crippen LogP contribution in [0.4, 0.5) is 10.1 Å². The number of ketones is 1. The average molecular weight is 398 g/mol. The van der Waals surface area contributed by atoms with Gasteiger partial charge in [-0.15, -0.1) is 10.2 Å². The smallest absolute Gasteiger partial charge is 0.234 e. The zero-order chi connectivity index (χ0) is 20.1. The fourth-order valence-corrected chi connectivity index (χ4v) is 3.44. The quantitative estimate of drug-likeness (QED) is 0.480. The Morgan fingerprint density at radius 3 is 2.57 bits per heavy atom. The van der Waals surface area contributed by atoms with Crippen LogP contribution in [0.15, 0.2) is 53.7 Å². The van der Waals surface area contributed by atoms with Gasteiger partial charge in [-0.3, -0.25) is 9.59 Å². The first-order valence-corrected chi connectivity index (χ1v) is 9.69. The number of nitrogens with one attached hydrogen (secondary N) is 1. The standard InChI is InChI=1S/C20H19FN4O2S/c1-3-25-19(14-7-9-16(21)10-8-14)23-24-20(25)28-12-18(27)22-17-6-4-5-15(11-17)13(2)26/h4-11H,3,12H2,1-2H3,(H,22,27). The third kappa shape index (κ3) is 4.64. The molecule has 2 aromatic carbocycles. The van der Waals surface area contributed by atoms with Crippen LogP contribution in [0, 0.1) is 5.82 Å². The summed E-state index contributed by atoms with van der Waals surface area (Å²) in [5.41, 5.74) is 1.87. The number of benzene rings is 2. The Morgan fingerprint density at radius 1 is 1.14 bits per heavy atom. The molecule has 144 valence electrons. The van der Waals surface area contributed by atoms with E-state index in [9.17, 15) is 14.0 Å². The summed E-state index contributed by atoms with van der Waals surface area (Å²) in [7, 11) is 0. The van der Waals surface area contributed by atoms with Crippen LogP contribution in [0.2, 0.25) is 0 Å². The van der Waals surface area contributed by atoms with Crippen LogP contribution in [0.1, 0.15) is 24.2 Å². The van der Waals surface area contributed by atoms with Gasteiger partial charge in [-0.05, 0) is 50.2 Å². The zero-order valence-corrected chi connectivity index (χ0v) is 16.3. The minimum absolute atomic E-state index is 0.0603. The van der Waals surface area contributed by atoms with Crippen molar-refractivity contribution >= 4 is 29.1 Å². The van der Waals surface area contributed by atoms with Crippen LogP contribution in [0.3, 0.4) is 0 Å². The minimum Gasteiger partial charge on any atom is -0.325 e. The van der Waals surface area contributed by atoms with E-state index in [1.165, 1.54) is 30.8 Å². The van der Waals surface area contributed by atoms with Crippen molar-refractivity contribution in [2.24, 2.45) is 0 Å². The van der Waals surface area contributed by atoms with Crippen LogP contribution in [0.25, 0.3) is 11.4 Å². The van der Waals surface area contributed by atoms with Crippen molar-refractivity contribution in [3.05, 3.63) is 59.9 Å². The molecule has 0 fully saturated rings. The van der Waals surface area contributed by atoms with Crippen LogP contribution in [-0.2, 0) is 11.3 Å². The monoisotopic (exact) mass is 398 g/mol. The highest BCUT2D eigenvalue weighted by atomic mass is 32.2. The van der Waals surface area contributed by atoms with Crippen molar-refractivity contribution in [3.8, 4) is 11.4 Å². The number of rotatable bonds is 7. The highest BCUT2D eigenvalue weighted by Gasteiger charge is 2.15. The molecule has 1 N–H and O–H groups in total. The minimum atomic E-state index is -0.313. The van der Waals surface area contributed by atoms with E-state index in [0.717, 1.165) is 5.56 Å². The molecule has 1 heterocycles. The maximum Gasteiger partial charge on any atom is 0.234 e. The maximum atomic E-state index is 13.1. The summed E-state index contributed by atoms with van der Waals surface area (Å²) in [5, 5.41) is 11.7. The fraction of sp³-hybridized carbons (Fsp3) is 0.200. The van der Waals surface area contributed by atoms with Gasteiger partial charge in [0, 0.05) is 23.4 Å². The Hall–Kier alpha value is -3.00. The molecule has 0 saturated carbocycles. The van der Waals surface area contributed by atoms with Gasteiger partial charge in [0.1, 0.15) is 5.82 Å². The lowest BCUT2D eigenvalue weighted by Gasteiger charge is -2.08. The molecule has 0 aliphatic rings. The average Bonchev–Trinajstić information content (AvgIpc) is 3.10. The van der Waals surface area contributed by atoms with Crippen molar-refractivity contribution in [3.63, 3.8) is 0 Å². The summed E-state index contributed by atoms with van der Waals surface area (Å²) in [6.07, 6.45) is 0. The van der Waals surface area contributed by atoms with Gasteiger partial charge in [-0.25, -0.2) is 4.39 Å². The number of Topliss-reactive ketones (excluding diaryl/α,β-unsaturated/α-hetero) is 1. The molecule has 0 aliphatic carbocycles. The van der Waals surface area contributed by atoms with E-state index in [4.69, 9.17) is 0 Å². The Balaban J connectivity index is 1.67. The van der Waals surface area contributed by atoms with Crippen molar-refractivity contribution in [1.82, 2.24) is 14.8 Å². The van der Waals surface area contributed by atoms with Gasteiger partial charge < -0.3 is 9.88 Å². The summed E-state index contributed by atoms with van der Waals surface area (Å²) in [6.45, 7) is 4.05. The van der Waals surface area contributed by atoms with Crippen molar-refractivity contribution in [2.45, 2.75) is 25.5 Å². The number of aromatic nitrogens is 3. The molecule has 0 radical (unpaired) electrons. The molecule has 0 atom stereocenters. The third-order valence-electron chi connectivity index (χ3n) is 4.02. The lowest BCUT2D eigenvalue weighted by molar-refractivity contribution is -0.113.